The van der Waals surface area contributed by atoms with Crippen molar-refractivity contribution in [2.24, 2.45) is 0 Å². The second-order valence-electron chi connectivity index (χ2n) is 1.43. The zero-order chi connectivity index (χ0) is 8.36. The molecule has 0 unspecified atom stereocenters. The quantitative estimate of drug-likeness (QED) is 0.353. The summed E-state index contributed by atoms with van der Waals surface area (Å²) in [5.41, 5.74) is 0. The van der Waals surface area contributed by atoms with E-state index < -0.39 is 16.6 Å². The van der Waals surface area contributed by atoms with Gasteiger partial charge in [0.15, 0.2) is 5.76 Å². The predicted octanol–water partition coefficient (Wildman–Crippen LogP) is 0.686. The first-order valence-corrected chi connectivity index (χ1v) is 2.69. The first-order chi connectivity index (χ1) is 4.34. The van der Waals surface area contributed by atoms with Gasteiger partial charge < -0.3 is 9.90 Å². The number of carbonyl (C=O) groups excluding carboxylic acids is 1. The topological polar surface area (TPSA) is 37.3 Å². The molecule has 0 bridgehead atoms. The first kappa shape index (κ1) is 9.53. The lowest BCUT2D eigenvalue weighted by Gasteiger charge is -2.02. The van der Waals surface area contributed by atoms with Crippen LogP contribution < -0.4 is 0 Å². The third-order valence-corrected chi connectivity index (χ3v) is 0.736. The summed E-state index contributed by atoms with van der Waals surface area (Å²) in [6, 6.07) is 0. The summed E-state index contributed by atoms with van der Waals surface area (Å²) in [5, 5.41) is 8.06. The molecule has 0 rings (SSSR count). The van der Waals surface area contributed by atoms with Crippen LogP contribution in [0.3, 0.4) is 0 Å². The number of aliphatic hydroxyl groups is 1. The van der Waals surface area contributed by atoms with Crippen molar-refractivity contribution in [2.75, 3.05) is 0 Å². The van der Waals surface area contributed by atoms with Gasteiger partial charge in [-0.05, 0) is 0 Å². The number of allylic oxidation sites excluding steroid dienone is 2. The minimum atomic E-state index is -4.83. The van der Waals surface area contributed by atoms with Crippen LogP contribution in [0.25, 0.3) is 0 Å². The van der Waals surface area contributed by atoms with Gasteiger partial charge in [0, 0.05) is 10.7 Å². The Labute approximate surface area is 62.8 Å². The van der Waals surface area contributed by atoms with Crippen molar-refractivity contribution < 1.29 is 23.1 Å². The molecular formula is C4H2AlF3O2. The van der Waals surface area contributed by atoms with E-state index in [1.807, 2.05) is 0 Å². The van der Waals surface area contributed by atoms with Gasteiger partial charge in [-0.25, -0.2) is 0 Å². The molecule has 0 aliphatic heterocycles. The van der Waals surface area contributed by atoms with E-state index in [4.69, 9.17) is 5.11 Å². The van der Waals surface area contributed by atoms with Crippen LogP contribution in [0.2, 0.25) is 0 Å². The Morgan fingerprint density at radius 3 is 2.00 bits per heavy atom. The van der Waals surface area contributed by atoms with Crippen LogP contribution in [0, 0.1) is 0 Å². The van der Waals surface area contributed by atoms with E-state index in [0.717, 1.165) is 0 Å². The van der Waals surface area contributed by atoms with Gasteiger partial charge in [-0.3, -0.25) is 0 Å². The SMILES string of the molecule is O=[C]([Al])C=C(O)C(F)(F)F. The predicted molar refractivity (Wildman–Crippen MR) is 27.5 cm³/mol. The number of carbonyl (C=O) groups is 1. The van der Waals surface area contributed by atoms with Crippen LogP contribution in [0.4, 0.5) is 13.2 Å². The minimum Gasteiger partial charge on any atom is -0.504 e. The summed E-state index contributed by atoms with van der Waals surface area (Å²) in [7, 11) is 0. The van der Waals surface area contributed by atoms with Crippen molar-refractivity contribution >= 4 is 20.9 Å². The van der Waals surface area contributed by atoms with Crippen LogP contribution in [0.1, 0.15) is 0 Å². The minimum absolute atomic E-state index is 0.0880. The van der Waals surface area contributed by atoms with Crippen LogP contribution in [0.5, 0.6) is 0 Å². The normalized spacial score (nSPS) is 13.3. The Balaban J connectivity index is 4.35. The van der Waals surface area contributed by atoms with E-state index in [9.17, 15) is 18.0 Å². The van der Waals surface area contributed by atoms with Crippen molar-refractivity contribution in [3.05, 3.63) is 11.8 Å². The molecule has 0 saturated heterocycles. The fourth-order valence-corrected chi connectivity index (χ4v) is 0.374. The third-order valence-electron chi connectivity index (χ3n) is 0.569. The zero-order valence-corrected chi connectivity index (χ0v) is 5.80. The van der Waals surface area contributed by atoms with Gasteiger partial charge in [0.2, 0.25) is 16.3 Å². The van der Waals surface area contributed by atoms with E-state index >= 15 is 0 Å². The second-order valence-corrected chi connectivity index (χ2v) is 2.00. The summed E-state index contributed by atoms with van der Waals surface area (Å²) in [5.74, 6) is -1.88. The molecule has 0 aliphatic rings. The maximum absolute atomic E-state index is 11.3. The van der Waals surface area contributed by atoms with Crippen molar-refractivity contribution in [1.29, 1.82) is 0 Å². The van der Waals surface area contributed by atoms with E-state index in [2.05, 4.69) is 0 Å². The highest BCUT2D eigenvalue weighted by molar-refractivity contribution is 6.60. The number of alkyl halides is 3. The highest BCUT2D eigenvalue weighted by Gasteiger charge is 2.33. The molecule has 2 nitrogen and oxygen atoms in total. The smallest absolute Gasteiger partial charge is 0.448 e. The van der Waals surface area contributed by atoms with Crippen molar-refractivity contribution in [3.8, 4) is 0 Å². The maximum atomic E-state index is 11.3. The highest BCUT2D eigenvalue weighted by atomic mass is 27.0. The lowest BCUT2D eigenvalue weighted by molar-refractivity contribution is -0.123. The maximum Gasteiger partial charge on any atom is 0.448 e. The average Bonchev–Trinajstić information content (AvgIpc) is 1.60. The molecule has 6 heteroatoms. The fraction of sp³-hybridized carbons (Fsp3) is 0.250. The molecule has 10 heavy (non-hydrogen) atoms. The molecule has 54 valence electrons. The van der Waals surface area contributed by atoms with Crippen LogP contribution >= 0.6 is 0 Å². The number of hydrogen-bond acceptors (Lipinski definition) is 2. The summed E-state index contributed by atoms with van der Waals surface area (Å²) < 4.78 is 33.1. The zero-order valence-electron chi connectivity index (χ0n) is 4.64. The van der Waals surface area contributed by atoms with Crippen LogP contribution in [0.15, 0.2) is 11.8 Å². The van der Waals surface area contributed by atoms with Gasteiger partial charge >= 0.3 is 6.18 Å². The van der Waals surface area contributed by atoms with Gasteiger partial charge in [0.25, 0.3) is 0 Å². The monoisotopic (exact) mass is 166 g/mol. The molecule has 0 saturated carbocycles. The molecule has 0 aromatic rings. The van der Waals surface area contributed by atoms with Gasteiger partial charge in [-0.1, -0.05) is 0 Å². The Morgan fingerprint density at radius 2 is 1.90 bits per heavy atom. The molecular weight excluding hydrogens is 164 g/mol. The number of hydrogen-bond donors (Lipinski definition) is 1. The summed E-state index contributed by atoms with van der Waals surface area (Å²) in [6.07, 6.45) is -4.74. The molecule has 0 atom stereocenters. The van der Waals surface area contributed by atoms with E-state index in [1.165, 1.54) is 16.3 Å². The van der Waals surface area contributed by atoms with Gasteiger partial charge in [0.05, 0.1) is 0 Å². The first-order valence-electron chi connectivity index (χ1n) is 2.11. The molecule has 0 heterocycles. The summed E-state index contributed by atoms with van der Waals surface area (Å²) in [4.78, 5) is 9.93. The van der Waals surface area contributed by atoms with Crippen molar-refractivity contribution in [2.45, 2.75) is 6.18 Å². The largest absolute Gasteiger partial charge is 0.504 e. The van der Waals surface area contributed by atoms with E-state index in [-0.39, 0.29) is 6.08 Å². The molecule has 0 aromatic heterocycles. The molecule has 0 aliphatic carbocycles. The van der Waals surface area contributed by atoms with E-state index in [1.54, 1.807) is 0 Å². The molecule has 0 aromatic carbocycles. The third kappa shape index (κ3) is 3.54. The van der Waals surface area contributed by atoms with Gasteiger partial charge in [0.1, 0.15) is 0 Å². The number of rotatable bonds is 1. The Bertz CT molecular complexity index is 172. The molecule has 0 amide bonds. The number of halogens is 3. The summed E-state index contributed by atoms with van der Waals surface area (Å²) in [6.45, 7) is 0. The standard InChI is InChI=1S/C4H2F3O2.Al/c5-4(6,7)3(9)1-2-8;/h1,9H;. The Hall–Kier alpha value is -0.468. The van der Waals surface area contributed by atoms with E-state index in [0.29, 0.717) is 0 Å². The molecule has 2 radical (unpaired) electrons. The average molecular weight is 166 g/mol. The Kier molecular flexibility index (Phi) is 2.94. The molecule has 1 N–H and O–H groups in total. The van der Waals surface area contributed by atoms with Crippen LogP contribution in [-0.2, 0) is 4.79 Å². The van der Waals surface area contributed by atoms with Crippen LogP contribution in [-0.4, -0.2) is 32.2 Å². The molecule has 0 spiro atoms. The highest BCUT2D eigenvalue weighted by Crippen LogP contribution is 2.22. The Morgan fingerprint density at radius 1 is 1.50 bits per heavy atom. The summed E-state index contributed by atoms with van der Waals surface area (Å²) >= 11 is 1.48. The number of aliphatic hydroxyl groups excluding tert-OH is 1. The van der Waals surface area contributed by atoms with Gasteiger partial charge in [-0.2, -0.15) is 13.2 Å². The van der Waals surface area contributed by atoms with Crippen molar-refractivity contribution in [1.82, 2.24) is 0 Å². The van der Waals surface area contributed by atoms with Crippen molar-refractivity contribution in [3.63, 3.8) is 0 Å². The van der Waals surface area contributed by atoms with Gasteiger partial charge in [-0.15, -0.1) is 0 Å². The molecule has 0 fully saturated rings. The lowest BCUT2D eigenvalue weighted by Crippen LogP contribution is -2.12. The lowest BCUT2D eigenvalue weighted by atomic mass is 10.4. The fourth-order valence-electron chi connectivity index (χ4n) is 0.217. The second kappa shape index (κ2) is 3.08.